The van der Waals surface area contributed by atoms with Gasteiger partial charge in [-0.3, -0.25) is 9.59 Å². The Hall–Kier alpha value is -3.28. The van der Waals surface area contributed by atoms with Crippen LogP contribution in [0, 0.1) is 0 Å². The fourth-order valence-corrected chi connectivity index (χ4v) is 3.29. The van der Waals surface area contributed by atoms with E-state index in [2.05, 4.69) is 5.32 Å². The molecule has 1 aliphatic rings. The summed E-state index contributed by atoms with van der Waals surface area (Å²) in [4.78, 5) is 26.8. The second kappa shape index (κ2) is 9.78. The van der Waals surface area contributed by atoms with Crippen LogP contribution in [0.3, 0.4) is 0 Å². The number of hydrogen-bond acceptors (Lipinski definition) is 4. The second-order valence-corrected chi connectivity index (χ2v) is 6.92. The molecule has 152 valence electrons. The number of ether oxygens (including phenoxy) is 2. The zero-order chi connectivity index (χ0) is 20.6. The standard InChI is InChI=1S/C23H26N2O4/c1-28-20-14-18(15-21(16-20)29-2)23(27)24-19-10-12-25(13-11-19)22(26)9-8-17-6-4-3-5-7-17/h3-9,14-16,19H,10-13H2,1-2H3,(H,24,27)/b9-8+. The smallest absolute Gasteiger partial charge is 0.251 e. The minimum absolute atomic E-state index is 0.00355. The fraction of sp³-hybridized carbons (Fsp3) is 0.304. The molecule has 0 spiro atoms. The number of carbonyl (C=O) groups is 2. The first-order valence-corrected chi connectivity index (χ1v) is 9.65. The molecule has 0 bridgehead atoms. The van der Waals surface area contributed by atoms with E-state index in [1.165, 1.54) is 0 Å². The van der Waals surface area contributed by atoms with Crippen molar-refractivity contribution >= 4 is 17.9 Å². The van der Waals surface area contributed by atoms with Crippen LogP contribution in [0.25, 0.3) is 6.08 Å². The summed E-state index contributed by atoms with van der Waals surface area (Å²) in [6.45, 7) is 1.23. The lowest BCUT2D eigenvalue weighted by molar-refractivity contribution is -0.126. The van der Waals surface area contributed by atoms with Crippen LogP contribution in [0.2, 0.25) is 0 Å². The SMILES string of the molecule is COc1cc(OC)cc(C(=O)NC2CCN(C(=O)/C=C/c3ccccc3)CC2)c1. The fourth-order valence-electron chi connectivity index (χ4n) is 3.29. The third-order valence-electron chi connectivity index (χ3n) is 4.97. The quantitative estimate of drug-likeness (QED) is 0.765. The van der Waals surface area contributed by atoms with E-state index in [1.807, 2.05) is 41.3 Å². The minimum Gasteiger partial charge on any atom is -0.497 e. The zero-order valence-electron chi connectivity index (χ0n) is 16.8. The van der Waals surface area contributed by atoms with Crippen molar-refractivity contribution in [2.45, 2.75) is 18.9 Å². The van der Waals surface area contributed by atoms with E-state index in [0.717, 1.165) is 18.4 Å². The number of amides is 2. The Balaban J connectivity index is 1.52. The van der Waals surface area contributed by atoms with Crippen molar-refractivity contribution in [2.24, 2.45) is 0 Å². The summed E-state index contributed by atoms with van der Waals surface area (Å²) in [7, 11) is 3.10. The van der Waals surface area contributed by atoms with Crippen LogP contribution < -0.4 is 14.8 Å². The van der Waals surface area contributed by atoms with Crippen molar-refractivity contribution < 1.29 is 19.1 Å². The maximum Gasteiger partial charge on any atom is 0.251 e. The van der Waals surface area contributed by atoms with Gasteiger partial charge in [0.2, 0.25) is 5.91 Å². The van der Waals surface area contributed by atoms with Gasteiger partial charge in [0.15, 0.2) is 0 Å². The summed E-state index contributed by atoms with van der Waals surface area (Å²) in [5.74, 6) is 0.965. The second-order valence-electron chi connectivity index (χ2n) is 6.92. The van der Waals surface area contributed by atoms with Gasteiger partial charge in [0.1, 0.15) is 11.5 Å². The molecule has 0 saturated carbocycles. The van der Waals surface area contributed by atoms with E-state index in [1.54, 1.807) is 38.5 Å². The molecule has 1 heterocycles. The van der Waals surface area contributed by atoms with Gasteiger partial charge in [-0.05, 0) is 36.6 Å². The maximum absolute atomic E-state index is 12.6. The lowest BCUT2D eigenvalue weighted by atomic mass is 10.0. The van der Waals surface area contributed by atoms with E-state index in [0.29, 0.717) is 30.2 Å². The van der Waals surface area contributed by atoms with Gasteiger partial charge in [0.05, 0.1) is 14.2 Å². The topological polar surface area (TPSA) is 67.9 Å². The van der Waals surface area contributed by atoms with Crippen molar-refractivity contribution in [1.82, 2.24) is 10.2 Å². The summed E-state index contributed by atoms with van der Waals surface area (Å²) in [5.41, 5.74) is 1.49. The molecule has 1 N–H and O–H groups in total. The summed E-state index contributed by atoms with van der Waals surface area (Å²) < 4.78 is 10.4. The monoisotopic (exact) mass is 394 g/mol. The molecule has 1 saturated heterocycles. The molecule has 2 amide bonds. The molecule has 2 aromatic rings. The average molecular weight is 394 g/mol. The Labute approximate surface area is 171 Å². The third kappa shape index (κ3) is 5.60. The highest BCUT2D eigenvalue weighted by atomic mass is 16.5. The molecule has 0 aliphatic carbocycles. The van der Waals surface area contributed by atoms with Gasteiger partial charge in [0, 0.05) is 36.8 Å². The summed E-state index contributed by atoms with van der Waals surface area (Å²) in [6, 6.07) is 14.9. The Morgan fingerprint density at radius 1 is 1.00 bits per heavy atom. The molecule has 1 aliphatic heterocycles. The summed E-state index contributed by atoms with van der Waals surface area (Å²) in [6.07, 6.45) is 4.87. The first kappa shape index (κ1) is 20.5. The lowest BCUT2D eigenvalue weighted by Gasteiger charge is -2.31. The van der Waals surface area contributed by atoms with E-state index in [-0.39, 0.29) is 17.9 Å². The van der Waals surface area contributed by atoms with Crippen LogP contribution in [-0.2, 0) is 4.79 Å². The van der Waals surface area contributed by atoms with Gasteiger partial charge >= 0.3 is 0 Å². The van der Waals surface area contributed by atoms with Crippen molar-refractivity contribution in [3.05, 3.63) is 65.7 Å². The molecule has 6 nitrogen and oxygen atoms in total. The Bertz CT molecular complexity index is 849. The van der Waals surface area contributed by atoms with Crippen LogP contribution in [0.5, 0.6) is 11.5 Å². The van der Waals surface area contributed by atoms with E-state index in [4.69, 9.17) is 9.47 Å². The number of hydrogen-bond donors (Lipinski definition) is 1. The molecule has 0 atom stereocenters. The number of rotatable bonds is 6. The number of methoxy groups -OCH3 is 2. The first-order valence-electron chi connectivity index (χ1n) is 9.65. The molecule has 6 heteroatoms. The van der Waals surface area contributed by atoms with E-state index >= 15 is 0 Å². The largest absolute Gasteiger partial charge is 0.497 e. The Kier molecular flexibility index (Phi) is 6.89. The number of nitrogens with one attached hydrogen (secondary N) is 1. The van der Waals surface area contributed by atoms with Crippen LogP contribution in [-0.4, -0.2) is 50.1 Å². The number of nitrogens with zero attached hydrogens (tertiary/aromatic N) is 1. The normalized spacial score (nSPS) is 14.6. The van der Waals surface area contributed by atoms with Crippen LogP contribution in [0.1, 0.15) is 28.8 Å². The van der Waals surface area contributed by atoms with Crippen molar-refractivity contribution in [2.75, 3.05) is 27.3 Å². The molecule has 0 aromatic heterocycles. The predicted octanol–water partition coefficient (Wildman–Crippen LogP) is 3.14. The molecule has 0 unspecified atom stereocenters. The molecule has 3 rings (SSSR count). The Morgan fingerprint density at radius 2 is 1.62 bits per heavy atom. The number of carbonyl (C=O) groups excluding carboxylic acids is 2. The molecule has 29 heavy (non-hydrogen) atoms. The molecular formula is C23H26N2O4. The molecule has 2 aromatic carbocycles. The van der Waals surface area contributed by atoms with Gasteiger partial charge in [-0.1, -0.05) is 30.3 Å². The Morgan fingerprint density at radius 3 is 2.21 bits per heavy atom. The van der Waals surface area contributed by atoms with Crippen molar-refractivity contribution in [3.63, 3.8) is 0 Å². The highest BCUT2D eigenvalue weighted by Gasteiger charge is 2.23. The highest BCUT2D eigenvalue weighted by molar-refractivity contribution is 5.95. The first-order chi connectivity index (χ1) is 14.1. The van der Waals surface area contributed by atoms with Gasteiger partial charge in [-0.2, -0.15) is 0 Å². The van der Waals surface area contributed by atoms with Crippen molar-refractivity contribution in [1.29, 1.82) is 0 Å². The van der Waals surface area contributed by atoms with Gasteiger partial charge < -0.3 is 19.7 Å². The van der Waals surface area contributed by atoms with Crippen LogP contribution >= 0.6 is 0 Å². The number of likely N-dealkylation sites (tertiary alicyclic amines) is 1. The molecule has 1 fully saturated rings. The summed E-state index contributed by atoms with van der Waals surface area (Å²) in [5, 5.41) is 3.05. The molecule has 0 radical (unpaired) electrons. The van der Waals surface area contributed by atoms with E-state index in [9.17, 15) is 9.59 Å². The van der Waals surface area contributed by atoms with Gasteiger partial charge in [0.25, 0.3) is 5.91 Å². The summed E-state index contributed by atoms with van der Waals surface area (Å²) >= 11 is 0. The lowest BCUT2D eigenvalue weighted by Crippen LogP contribution is -2.46. The zero-order valence-corrected chi connectivity index (χ0v) is 16.8. The van der Waals surface area contributed by atoms with Gasteiger partial charge in [-0.15, -0.1) is 0 Å². The average Bonchev–Trinajstić information content (AvgIpc) is 2.78. The van der Waals surface area contributed by atoms with Crippen molar-refractivity contribution in [3.8, 4) is 11.5 Å². The number of piperidine rings is 1. The van der Waals surface area contributed by atoms with E-state index < -0.39 is 0 Å². The predicted molar refractivity (Wildman–Crippen MR) is 112 cm³/mol. The highest BCUT2D eigenvalue weighted by Crippen LogP contribution is 2.23. The van der Waals surface area contributed by atoms with Gasteiger partial charge in [-0.25, -0.2) is 0 Å². The third-order valence-corrected chi connectivity index (χ3v) is 4.97. The maximum atomic E-state index is 12.6. The molecular weight excluding hydrogens is 368 g/mol. The van der Waals surface area contributed by atoms with Crippen LogP contribution in [0.15, 0.2) is 54.6 Å². The minimum atomic E-state index is -0.170. The van der Waals surface area contributed by atoms with Crippen LogP contribution in [0.4, 0.5) is 0 Å². The number of benzene rings is 2.